The highest BCUT2D eigenvalue weighted by molar-refractivity contribution is 9.10. The van der Waals surface area contributed by atoms with E-state index < -0.39 is 10.5 Å². The second kappa shape index (κ2) is 2.91. The monoisotopic (exact) mass is 240 g/mol. The largest absolute Gasteiger partial charge is 0.407 e. The molecular formula is C8H8BrF3. The summed E-state index contributed by atoms with van der Waals surface area (Å²) in [7, 11) is 0. The van der Waals surface area contributed by atoms with Crippen LogP contribution in [0.25, 0.3) is 0 Å². The molecule has 12 heavy (non-hydrogen) atoms. The molecule has 1 aliphatic rings. The fourth-order valence-corrected chi connectivity index (χ4v) is 1.68. The molecule has 4 heteroatoms. The first kappa shape index (κ1) is 9.84. The molecule has 68 valence electrons. The van der Waals surface area contributed by atoms with Gasteiger partial charge in [0.1, 0.15) is 4.32 Å². The van der Waals surface area contributed by atoms with Crippen LogP contribution in [0.15, 0.2) is 23.8 Å². The zero-order valence-electron chi connectivity index (χ0n) is 6.45. The van der Waals surface area contributed by atoms with Crippen molar-refractivity contribution in [2.75, 3.05) is 0 Å². The summed E-state index contributed by atoms with van der Waals surface area (Å²) < 4.78 is 35.3. The van der Waals surface area contributed by atoms with Gasteiger partial charge in [0.15, 0.2) is 0 Å². The fourth-order valence-electron chi connectivity index (χ4n) is 1.08. The van der Waals surface area contributed by atoms with Crippen LogP contribution in [-0.2, 0) is 0 Å². The van der Waals surface area contributed by atoms with E-state index in [1.165, 1.54) is 6.08 Å². The number of hydrogen-bond donors (Lipinski definition) is 0. The van der Waals surface area contributed by atoms with Crippen LogP contribution in [0.1, 0.15) is 13.3 Å². The van der Waals surface area contributed by atoms with E-state index in [0.717, 1.165) is 11.6 Å². The van der Waals surface area contributed by atoms with Crippen LogP contribution in [0.3, 0.4) is 0 Å². The van der Waals surface area contributed by atoms with Gasteiger partial charge in [-0.25, -0.2) is 0 Å². The average Bonchev–Trinajstić information content (AvgIpc) is 1.83. The van der Waals surface area contributed by atoms with Crippen molar-refractivity contribution in [2.24, 2.45) is 0 Å². The molecule has 1 unspecified atom stereocenters. The van der Waals surface area contributed by atoms with Crippen LogP contribution in [0.4, 0.5) is 13.2 Å². The molecule has 0 aromatic rings. The van der Waals surface area contributed by atoms with Crippen LogP contribution in [-0.4, -0.2) is 10.5 Å². The van der Waals surface area contributed by atoms with Gasteiger partial charge in [-0.05, 0) is 13.3 Å². The van der Waals surface area contributed by atoms with Crippen molar-refractivity contribution in [3.05, 3.63) is 23.8 Å². The van der Waals surface area contributed by atoms with E-state index in [0.29, 0.717) is 0 Å². The Morgan fingerprint density at radius 1 is 1.50 bits per heavy atom. The fraction of sp³-hybridized carbons (Fsp3) is 0.500. The molecule has 0 saturated heterocycles. The van der Waals surface area contributed by atoms with Crippen LogP contribution in [0.5, 0.6) is 0 Å². The lowest BCUT2D eigenvalue weighted by Crippen LogP contribution is -2.38. The molecule has 0 spiro atoms. The van der Waals surface area contributed by atoms with E-state index in [2.05, 4.69) is 15.9 Å². The molecule has 0 aromatic carbocycles. The van der Waals surface area contributed by atoms with Crippen LogP contribution < -0.4 is 0 Å². The predicted molar refractivity (Wildman–Crippen MR) is 45.2 cm³/mol. The molecule has 0 nitrogen and oxygen atoms in total. The van der Waals surface area contributed by atoms with Crippen LogP contribution in [0, 0.1) is 0 Å². The Morgan fingerprint density at radius 2 is 2.08 bits per heavy atom. The lowest BCUT2D eigenvalue weighted by molar-refractivity contribution is -0.145. The van der Waals surface area contributed by atoms with Gasteiger partial charge in [0.2, 0.25) is 0 Å². The normalized spacial score (nSPS) is 30.2. The van der Waals surface area contributed by atoms with E-state index in [1.54, 1.807) is 13.0 Å². The summed E-state index contributed by atoms with van der Waals surface area (Å²) >= 11 is 2.70. The molecule has 1 atom stereocenters. The van der Waals surface area contributed by atoms with Crippen LogP contribution >= 0.6 is 15.9 Å². The Balaban J connectivity index is 2.90. The number of hydrogen-bond acceptors (Lipinski definition) is 0. The minimum atomic E-state index is -4.22. The summed E-state index contributed by atoms with van der Waals surface area (Å²) in [6.45, 7) is 1.69. The van der Waals surface area contributed by atoms with Crippen molar-refractivity contribution in [1.82, 2.24) is 0 Å². The topological polar surface area (TPSA) is 0 Å². The number of halogens is 4. The second-order valence-electron chi connectivity index (χ2n) is 2.91. The molecule has 0 fully saturated rings. The molecule has 1 aliphatic carbocycles. The minimum Gasteiger partial charge on any atom is -0.169 e. The maximum Gasteiger partial charge on any atom is 0.407 e. The van der Waals surface area contributed by atoms with Gasteiger partial charge >= 0.3 is 6.18 Å². The van der Waals surface area contributed by atoms with Crippen molar-refractivity contribution < 1.29 is 13.2 Å². The predicted octanol–water partition coefficient (Wildman–Crippen LogP) is 3.59. The summed E-state index contributed by atoms with van der Waals surface area (Å²) in [5.41, 5.74) is 0.728. The number of alkyl halides is 4. The molecule has 0 aromatic heterocycles. The van der Waals surface area contributed by atoms with Crippen LogP contribution in [0.2, 0.25) is 0 Å². The molecule has 0 radical (unpaired) electrons. The smallest absolute Gasteiger partial charge is 0.169 e. The van der Waals surface area contributed by atoms with Gasteiger partial charge in [-0.3, -0.25) is 0 Å². The van der Waals surface area contributed by atoms with Gasteiger partial charge in [0, 0.05) is 0 Å². The Hall–Kier alpha value is -0.250. The van der Waals surface area contributed by atoms with Crippen molar-refractivity contribution >= 4 is 15.9 Å². The summed E-state index contributed by atoms with van der Waals surface area (Å²) in [5, 5.41) is 0. The van der Waals surface area contributed by atoms with Gasteiger partial charge < -0.3 is 0 Å². The summed E-state index contributed by atoms with van der Waals surface area (Å²) in [5.74, 6) is 0. The summed E-state index contributed by atoms with van der Waals surface area (Å²) in [4.78, 5) is 0. The van der Waals surface area contributed by atoms with Crippen molar-refractivity contribution in [3.63, 3.8) is 0 Å². The third-order valence-electron chi connectivity index (χ3n) is 1.75. The molecular weight excluding hydrogens is 233 g/mol. The molecule has 0 amide bonds. The lowest BCUT2D eigenvalue weighted by atomic mass is 9.94. The van der Waals surface area contributed by atoms with Crippen molar-refractivity contribution in [3.8, 4) is 0 Å². The first-order valence-corrected chi connectivity index (χ1v) is 4.25. The molecule has 0 bridgehead atoms. The summed E-state index contributed by atoms with van der Waals surface area (Å²) in [6.07, 6.45) is 0.0261. The standard InChI is InChI=1S/C8H8BrF3/c1-6-3-2-4-7(9,5-6)8(10,11)12/h2-4H,5H2,1H3. The van der Waals surface area contributed by atoms with Gasteiger partial charge in [-0.15, -0.1) is 0 Å². The first-order valence-electron chi connectivity index (χ1n) is 3.46. The SMILES string of the molecule is CC1=CC=CC(Br)(C(F)(F)F)C1. The minimum absolute atomic E-state index is 0.00694. The third kappa shape index (κ3) is 1.73. The molecule has 0 saturated carbocycles. The van der Waals surface area contributed by atoms with E-state index in [-0.39, 0.29) is 6.42 Å². The average molecular weight is 241 g/mol. The highest BCUT2D eigenvalue weighted by Crippen LogP contribution is 2.44. The van der Waals surface area contributed by atoms with Gasteiger partial charge in [-0.2, -0.15) is 13.2 Å². The zero-order valence-corrected chi connectivity index (χ0v) is 8.04. The lowest BCUT2D eigenvalue weighted by Gasteiger charge is -2.29. The number of rotatable bonds is 0. The van der Waals surface area contributed by atoms with Crippen molar-refractivity contribution in [2.45, 2.75) is 23.8 Å². The Bertz CT molecular complexity index is 239. The highest BCUT2D eigenvalue weighted by Gasteiger charge is 2.51. The third-order valence-corrected chi connectivity index (χ3v) is 2.74. The summed E-state index contributed by atoms with van der Waals surface area (Å²) in [6, 6.07) is 0. The Morgan fingerprint density at radius 3 is 2.42 bits per heavy atom. The first-order chi connectivity index (χ1) is 5.35. The van der Waals surface area contributed by atoms with E-state index in [1.807, 2.05) is 0 Å². The van der Waals surface area contributed by atoms with Crippen molar-refractivity contribution in [1.29, 1.82) is 0 Å². The van der Waals surface area contributed by atoms with E-state index >= 15 is 0 Å². The quantitative estimate of drug-likeness (QED) is 0.568. The molecule has 0 heterocycles. The van der Waals surface area contributed by atoms with E-state index in [4.69, 9.17) is 0 Å². The maximum absolute atomic E-state index is 12.4. The van der Waals surface area contributed by atoms with Gasteiger partial charge in [-0.1, -0.05) is 39.7 Å². The number of allylic oxidation sites excluding steroid dienone is 4. The molecule has 1 rings (SSSR count). The molecule has 0 aliphatic heterocycles. The Labute approximate surface area is 77.3 Å². The second-order valence-corrected chi connectivity index (χ2v) is 4.32. The van der Waals surface area contributed by atoms with Gasteiger partial charge in [0.05, 0.1) is 0 Å². The maximum atomic E-state index is 12.4. The Kier molecular flexibility index (Phi) is 2.38. The highest BCUT2D eigenvalue weighted by atomic mass is 79.9. The molecule has 0 N–H and O–H groups in total. The van der Waals surface area contributed by atoms with E-state index in [9.17, 15) is 13.2 Å². The zero-order chi connectivity index (χ0) is 9.41. The van der Waals surface area contributed by atoms with Gasteiger partial charge in [0.25, 0.3) is 0 Å².